The summed E-state index contributed by atoms with van der Waals surface area (Å²) in [5.74, 6) is 0. The third-order valence-electron chi connectivity index (χ3n) is 4.18. The van der Waals surface area contributed by atoms with E-state index in [2.05, 4.69) is 59.5 Å². The molecule has 0 saturated heterocycles. The lowest BCUT2D eigenvalue weighted by Gasteiger charge is -2.21. The highest BCUT2D eigenvalue weighted by molar-refractivity contribution is 5.49. The molecule has 116 valence electrons. The Bertz CT molecular complexity index is 399. The molecule has 0 amide bonds. The Morgan fingerprint density at radius 2 is 1.48 bits per heavy atom. The summed E-state index contributed by atoms with van der Waals surface area (Å²) in [6.07, 6.45) is 15.6. The quantitative estimate of drug-likeness (QED) is 0.533. The number of nitrogens with zero attached hydrogens (tertiary/aromatic N) is 2. The van der Waals surface area contributed by atoms with Gasteiger partial charge in [0.15, 0.2) is 0 Å². The van der Waals surface area contributed by atoms with E-state index in [1.54, 1.807) is 0 Å². The molecule has 0 aliphatic carbocycles. The van der Waals surface area contributed by atoms with Gasteiger partial charge in [-0.25, -0.2) is 0 Å². The number of rotatable bonds is 10. The van der Waals surface area contributed by atoms with Crippen molar-refractivity contribution < 1.29 is 0 Å². The van der Waals surface area contributed by atoms with Crippen molar-refractivity contribution in [2.75, 3.05) is 18.1 Å². The average molecular weight is 286 g/mol. The number of para-hydroxylation sites is 1. The molecule has 1 heterocycles. The molecule has 21 heavy (non-hydrogen) atoms. The van der Waals surface area contributed by atoms with Gasteiger partial charge in [-0.1, -0.05) is 70.1 Å². The normalized spacial score (nSPS) is 14.1. The van der Waals surface area contributed by atoms with Gasteiger partial charge in [0.2, 0.25) is 0 Å². The van der Waals surface area contributed by atoms with Gasteiger partial charge in [-0.05, 0) is 18.6 Å². The number of benzene rings is 1. The van der Waals surface area contributed by atoms with Crippen molar-refractivity contribution in [2.45, 2.75) is 58.3 Å². The highest BCUT2D eigenvalue weighted by atomic mass is 15.3. The van der Waals surface area contributed by atoms with Gasteiger partial charge in [0.05, 0.1) is 6.67 Å². The molecule has 0 fully saturated rings. The Morgan fingerprint density at radius 1 is 0.810 bits per heavy atom. The lowest BCUT2D eigenvalue weighted by atomic mass is 10.1. The fraction of sp³-hybridized carbons (Fsp3) is 0.579. The number of hydrogen-bond acceptors (Lipinski definition) is 2. The van der Waals surface area contributed by atoms with Crippen LogP contribution in [0, 0.1) is 0 Å². The van der Waals surface area contributed by atoms with Crippen LogP contribution in [0.25, 0.3) is 0 Å². The minimum absolute atomic E-state index is 1.00. The van der Waals surface area contributed by atoms with Crippen molar-refractivity contribution in [2.24, 2.45) is 0 Å². The van der Waals surface area contributed by atoms with Crippen LogP contribution in [0.5, 0.6) is 0 Å². The molecule has 1 aliphatic heterocycles. The molecule has 0 saturated carbocycles. The van der Waals surface area contributed by atoms with Crippen molar-refractivity contribution in [1.82, 2.24) is 4.90 Å². The summed E-state index contributed by atoms with van der Waals surface area (Å²) in [7, 11) is 0. The van der Waals surface area contributed by atoms with E-state index in [-0.39, 0.29) is 0 Å². The molecule has 0 unspecified atom stereocenters. The van der Waals surface area contributed by atoms with Crippen LogP contribution >= 0.6 is 0 Å². The Hall–Kier alpha value is -1.44. The molecule has 0 N–H and O–H groups in total. The summed E-state index contributed by atoms with van der Waals surface area (Å²) >= 11 is 0. The first-order valence-electron chi connectivity index (χ1n) is 8.64. The van der Waals surface area contributed by atoms with Crippen molar-refractivity contribution in [3.05, 3.63) is 42.7 Å². The summed E-state index contributed by atoms with van der Waals surface area (Å²) < 4.78 is 0. The van der Waals surface area contributed by atoms with Gasteiger partial charge in [-0.15, -0.1) is 0 Å². The molecule has 0 atom stereocenters. The Kier molecular flexibility index (Phi) is 7.20. The van der Waals surface area contributed by atoms with Crippen molar-refractivity contribution in [3.8, 4) is 0 Å². The monoisotopic (exact) mass is 286 g/mol. The maximum Gasteiger partial charge on any atom is 0.0941 e. The fourth-order valence-corrected chi connectivity index (χ4v) is 2.85. The van der Waals surface area contributed by atoms with Crippen LogP contribution < -0.4 is 4.90 Å². The third kappa shape index (κ3) is 5.82. The standard InChI is InChI=1S/C19H30N2/c1-2-3-4-5-6-7-8-12-15-20-16-17-21(18-20)19-13-10-9-11-14-19/h9-11,13-14,16-17H,2-8,12,15,18H2,1H3. The van der Waals surface area contributed by atoms with Crippen LogP contribution in [-0.4, -0.2) is 18.1 Å². The Balaban J connectivity index is 1.52. The van der Waals surface area contributed by atoms with E-state index in [1.165, 1.54) is 63.6 Å². The van der Waals surface area contributed by atoms with Crippen LogP contribution in [0.4, 0.5) is 5.69 Å². The largest absolute Gasteiger partial charge is 0.358 e. The van der Waals surface area contributed by atoms with E-state index < -0.39 is 0 Å². The average Bonchev–Trinajstić information content (AvgIpc) is 3.00. The topological polar surface area (TPSA) is 6.48 Å². The second-order valence-electron chi connectivity index (χ2n) is 6.03. The molecule has 0 radical (unpaired) electrons. The SMILES string of the molecule is CCCCCCCCCCN1C=CN(c2ccccc2)C1. The molecular weight excluding hydrogens is 256 g/mol. The van der Waals surface area contributed by atoms with Crippen LogP contribution in [-0.2, 0) is 0 Å². The van der Waals surface area contributed by atoms with Crippen molar-refractivity contribution in [3.63, 3.8) is 0 Å². The first-order chi connectivity index (χ1) is 10.4. The Morgan fingerprint density at radius 3 is 2.19 bits per heavy atom. The maximum absolute atomic E-state index is 2.42. The van der Waals surface area contributed by atoms with Gasteiger partial charge >= 0.3 is 0 Å². The van der Waals surface area contributed by atoms with Gasteiger partial charge < -0.3 is 9.80 Å². The highest BCUT2D eigenvalue weighted by Gasteiger charge is 2.12. The molecule has 2 rings (SSSR count). The first kappa shape index (κ1) is 15.9. The lowest BCUT2D eigenvalue weighted by Crippen LogP contribution is -2.25. The lowest BCUT2D eigenvalue weighted by molar-refractivity contribution is 0.388. The zero-order valence-electron chi connectivity index (χ0n) is 13.5. The number of hydrogen-bond donors (Lipinski definition) is 0. The van der Waals surface area contributed by atoms with E-state index in [4.69, 9.17) is 0 Å². The molecule has 2 heteroatoms. The van der Waals surface area contributed by atoms with Gasteiger partial charge in [0, 0.05) is 24.6 Å². The molecule has 2 nitrogen and oxygen atoms in total. The van der Waals surface area contributed by atoms with Gasteiger partial charge in [-0.3, -0.25) is 0 Å². The fourth-order valence-electron chi connectivity index (χ4n) is 2.85. The summed E-state index contributed by atoms with van der Waals surface area (Å²) in [6.45, 7) is 4.47. The number of anilines is 1. The smallest absolute Gasteiger partial charge is 0.0941 e. The molecule has 1 aromatic carbocycles. The summed E-state index contributed by atoms with van der Waals surface area (Å²) in [6, 6.07) is 10.6. The minimum Gasteiger partial charge on any atom is -0.358 e. The molecule has 0 spiro atoms. The van der Waals surface area contributed by atoms with E-state index in [1.807, 2.05) is 0 Å². The van der Waals surface area contributed by atoms with Crippen LogP contribution in [0.15, 0.2) is 42.7 Å². The maximum atomic E-state index is 2.42. The van der Waals surface area contributed by atoms with E-state index >= 15 is 0 Å². The van der Waals surface area contributed by atoms with Crippen molar-refractivity contribution >= 4 is 5.69 Å². The van der Waals surface area contributed by atoms with Crippen LogP contribution in [0.1, 0.15) is 58.3 Å². The number of unbranched alkanes of at least 4 members (excludes halogenated alkanes) is 7. The zero-order valence-corrected chi connectivity index (χ0v) is 13.5. The van der Waals surface area contributed by atoms with Crippen LogP contribution in [0.3, 0.4) is 0 Å². The third-order valence-corrected chi connectivity index (χ3v) is 4.18. The molecule has 1 aliphatic rings. The van der Waals surface area contributed by atoms with Gasteiger partial charge in [0.25, 0.3) is 0 Å². The first-order valence-corrected chi connectivity index (χ1v) is 8.64. The summed E-state index contributed by atoms with van der Waals surface area (Å²) in [5.41, 5.74) is 1.28. The second-order valence-corrected chi connectivity index (χ2v) is 6.03. The summed E-state index contributed by atoms with van der Waals surface area (Å²) in [4.78, 5) is 4.73. The predicted molar refractivity (Wildman–Crippen MR) is 92.2 cm³/mol. The van der Waals surface area contributed by atoms with E-state index in [0.717, 1.165) is 6.67 Å². The molecular formula is C19H30N2. The summed E-state index contributed by atoms with van der Waals surface area (Å²) in [5, 5.41) is 0. The molecule has 0 bridgehead atoms. The zero-order chi connectivity index (χ0) is 14.8. The van der Waals surface area contributed by atoms with E-state index in [9.17, 15) is 0 Å². The second kappa shape index (κ2) is 9.49. The molecule has 0 aromatic heterocycles. The Labute approximate surface area is 130 Å². The highest BCUT2D eigenvalue weighted by Crippen LogP contribution is 2.19. The van der Waals surface area contributed by atoms with Crippen LogP contribution in [0.2, 0.25) is 0 Å². The molecule has 1 aromatic rings. The minimum atomic E-state index is 1.00. The van der Waals surface area contributed by atoms with Gasteiger partial charge in [0.1, 0.15) is 0 Å². The van der Waals surface area contributed by atoms with E-state index in [0.29, 0.717) is 0 Å². The predicted octanol–water partition coefficient (Wildman–Crippen LogP) is 5.38. The van der Waals surface area contributed by atoms with Crippen molar-refractivity contribution in [1.29, 1.82) is 0 Å². The van der Waals surface area contributed by atoms with Gasteiger partial charge in [-0.2, -0.15) is 0 Å².